The topological polar surface area (TPSA) is 66.4 Å². The number of hydrogen-bond acceptors (Lipinski definition) is 3. The standard InChI is InChI=1S/C10H12BrNO3S/c1-10(9(14)15,8(13)12-2)4-7-3-6(11)5-16-7/h3,5H,4H2,1-2H3,(H,12,13)(H,14,15). The average Bonchev–Trinajstić information content (AvgIpc) is 2.62. The van der Waals surface area contributed by atoms with Crippen LogP contribution in [0.25, 0.3) is 0 Å². The lowest BCUT2D eigenvalue weighted by Crippen LogP contribution is -2.44. The number of thiophene rings is 1. The zero-order valence-electron chi connectivity index (χ0n) is 8.91. The molecule has 0 aliphatic carbocycles. The molecular formula is C10H12BrNO3S. The van der Waals surface area contributed by atoms with Gasteiger partial charge in [0.2, 0.25) is 5.91 Å². The van der Waals surface area contributed by atoms with Crippen LogP contribution in [-0.4, -0.2) is 24.0 Å². The monoisotopic (exact) mass is 305 g/mol. The molecule has 0 aliphatic heterocycles. The van der Waals surface area contributed by atoms with Crippen molar-refractivity contribution < 1.29 is 14.7 Å². The molecule has 6 heteroatoms. The number of carbonyl (C=O) groups excluding carboxylic acids is 1. The van der Waals surface area contributed by atoms with Crippen molar-refractivity contribution in [3.8, 4) is 0 Å². The van der Waals surface area contributed by atoms with Gasteiger partial charge in [0.1, 0.15) is 5.41 Å². The van der Waals surface area contributed by atoms with Crippen molar-refractivity contribution in [2.24, 2.45) is 5.41 Å². The van der Waals surface area contributed by atoms with Gasteiger partial charge in [-0.05, 0) is 28.9 Å². The molecular weight excluding hydrogens is 294 g/mol. The van der Waals surface area contributed by atoms with Gasteiger partial charge in [-0.25, -0.2) is 0 Å². The van der Waals surface area contributed by atoms with Gasteiger partial charge in [-0.1, -0.05) is 0 Å². The van der Waals surface area contributed by atoms with Gasteiger partial charge < -0.3 is 10.4 Å². The van der Waals surface area contributed by atoms with Crippen molar-refractivity contribution in [2.45, 2.75) is 13.3 Å². The molecule has 0 saturated carbocycles. The van der Waals surface area contributed by atoms with Gasteiger partial charge in [0.15, 0.2) is 0 Å². The van der Waals surface area contributed by atoms with Gasteiger partial charge in [-0.15, -0.1) is 11.3 Å². The number of carboxylic acids is 1. The van der Waals surface area contributed by atoms with E-state index in [2.05, 4.69) is 21.2 Å². The minimum atomic E-state index is -1.42. The Bertz CT molecular complexity index is 418. The summed E-state index contributed by atoms with van der Waals surface area (Å²) in [5.41, 5.74) is -1.42. The number of hydrogen-bond donors (Lipinski definition) is 2. The predicted molar refractivity (Wildman–Crippen MR) is 65.5 cm³/mol. The van der Waals surface area contributed by atoms with Gasteiger partial charge in [0.05, 0.1) is 0 Å². The third kappa shape index (κ3) is 2.62. The van der Waals surface area contributed by atoms with E-state index in [-0.39, 0.29) is 6.42 Å². The van der Waals surface area contributed by atoms with Gasteiger partial charge >= 0.3 is 5.97 Å². The van der Waals surface area contributed by atoms with Crippen LogP contribution < -0.4 is 5.32 Å². The minimum Gasteiger partial charge on any atom is -0.480 e. The molecule has 1 unspecified atom stereocenters. The molecule has 0 saturated heterocycles. The Morgan fingerprint density at radius 3 is 2.62 bits per heavy atom. The van der Waals surface area contributed by atoms with Gasteiger partial charge in [-0.2, -0.15) is 0 Å². The molecule has 1 aromatic heterocycles. The predicted octanol–water partition coefficient (Wildman–Crippen LogP) is 1.89. The van der Waals surface area contributed by atoms with Crippen LogP contribution in [0, 0.1) is 5.41 Å². The van der Waals surface area contributed by atoms with E-state index in [0.717, 1.165) is 9.35 Å². The summed E-state index contributed by atoms with van der Waals surface area (Å²) < 4.78 is 0.900. The second-order valence-corrected chi connectivity index (χ2v) is 5.54. The normalized spacial score (nSPS) is 14.2. The van der Waals surface area contributed by atoms with Crippen LogP contribution in [0.1, 0.15) is 11.8 Å². The highest BCUT2D eigenvalue weighted by atomic mass is 79.9. The number of rotatable bonds is 4. The fourth-order valence-corrected chi connectivity index (χ4v) is 2.93. The third-order valence-corrected chi connectivity index (χ3v) is 4.05. The molecule has 88 valence electrons. The first kappa shape index (κ1) is 13.2. The number of halogens is 1. The summed E-state index contributed by atoms with van der Waals surface area (Å²) in [5, 5.41) is 13.4. The summed E-state index contributed by atoms with van der Waals surface area (Å²) in [6.07, 6.45) is 0.193. The highest BCUT2D eigenvalue weighted by Crippen LogP contribution is 2.29. The summed E-state index contributed by atoms with van der Waals surface area (Å²) in [6.45, 7) is 1.43. The second kappa shape index (κ2) is 4.97. The van der Waals surface area contributed by atoms with Crippen molar-refractivity contribution >= 4 is 39.1 Å². The quantitative estimate of drug-likeness (QED) is 0.835. The number of nitrogens with one attached hydrogen (secondary N) is 1. The van der Waals surface area contributed by atoms with E-state index in [1.54, 1.807) is 0 Å². The van der Waals surface area contributed by atoms with Gasteiger partial charge in [0, 0.05) is 28.2 Å². The second-order valence-electron chi connectivity index (χ2n) is 3.62. The SMILES string of the molecule is CNC(=O)C(C)(Cc1cc(Br)cs1)C(=O)O. The van der Waals surface area contributed by atoms with E-state index in [4.69, 9.17) is 5.11 Å². The smallest absolute Gasteiger partial charge is 0.319 e. The highest BCUT2D eigenvalue weighted by molar-refractivity contribution is 9.10. The van der Waals surface area contributed by atoms with E-state index < -0.39 is 17.3 Å². The number of aliphatic carboxylic acids is 1. The molecule has 1 amide bonds. The maximum absolute atomic E-state index is 11.6. The fourth-order valence-electron chi connectivity index (χ4n) is 1.32. The highest BCUT2D eigenvalue weighted by Gasteiger charge is 2.41. The molecule has 0 spiro atoms. The lowest BCUT2D eigenvalue weighted by molar-refractivity contribution is -0.154. The van der Waals surface area contributed by atoms with E-state index in [0.29, 0.717) is 0 Å². The first-order chi connectivity index (χ1) is 7.40. The lowest BCUT2D eigenvalue weighted by atomic mass is 9.85. The fraction of sp³-hybridized carbons (Fsp3) is 0.400. The Morgan fingerprint density at radius 1 is 1.62 bits per heavy atom. The van der Waals surface area contributed by atoms with Crippen molar-refractivity contribution in [1.29, 1.82) is 0 Å². The molecule has 1 aromatic rings. The summed E-state index contributed by atoms with van der Waals surface area (Å²) in [7, 11) is 1.44. The molecule has 0 aromatic carbocycles. The number of carbonyl (C=O) groups is 2. The molecule has 0 bridgehead atoms. The first-order valence-electron chi connectivity index (χ1n) is 4.58. The first-order valence-corrected chi connectivity index (χ1v) is 6.26. The molecule has 1 atom stereocenters. The molecule has 16 heavy (non-hydrogen) atoms. The van der Waals surface area contributed by atoms with E-state index in [9.17, 15) is 9.59 Å². The molecule has 1 rings (SSSR count). The molecule has 0 aliphatic rings. The summed E-state index contributed by atoms with van der Waals surface area (Å²) >= 11 is 4.72. The van der Waals surface area contributed by atoms with Crippen LogP contribution >= 0.6 is 27.3 Å². The maximum atomic E-state index is 11.6. The van der Waals surface area contributed by atoms with Crippen molar-refractivity contribution in [1.82, 2.24) is 5.32 Å². The minimum absolute atomic E-state index is 0.193. The van der Waals surface area contributed by atoms with E-state index in [1.807, 2.05) is 11.4 Å². The number of amides is 1. The van der Waals surface area contributed by atoms with E-state index in [1.165, 1.54) is 25.3 Å². The maximum Gasteiger partial charge on any atom is 0.319 e. The van der Waals surface area contributed by atoms with Crippen molar-refractivity contribution in [3.63, 3.8) is 0 Å². The van der Waals surface area contributed by atoms with Crippen LogP contribution in [0.15, 0.2) is 15.9 Å². The largest absolute Gasteiger partial charge is 0.480 e. The zero-order chi connectivity index (χ0) is 12.3. The molecule has 0 radical (unpaired) electrons. The summed E-state index contributed by atoms with van der Waals surface area (Å²) in [6, 6.07) is 1.83. The molecule has 0 fully saturated rings. The van der Waals surface area contributed by atoms with Gasteiger partial charge in [-0.3, -0.25) is 9.59 Å². The summed E-state index contributed by atoms with van der Waals surface area (Å²) in [5.74, 6) is -1.60. The van der Waals surface area contributed by atoms with Crippen molar-refractivity contribution in [2.75, 3.05) is 7.05 Å². The molecule has 1 heterocycles. The Balaban J connectivity index is 2.96. The molecule has 4 nitrogen and oxygen atoms in total. The van der Waals surface area contributed by atoms with Crippen LogP contribution in [0.4, 0.5) is 0 Å². The van der Waals surface area contributed by atoms with E-state index >= 15 is 0 Å². The molecule has 2 N–H and O–H groups in total. The van der Waals surface area contributed by atoms with Crippen LogP contribution in [0.2, 0.25) is 0 Å². The Kier molecular flexibility index (Phi) is 4.09. The van der Waals surface area contributed by atoms with Crippen molar-refractivity contribution in [3.05, 3.63) is 20.8 Å². The average molecular weight is 306 g/mol. The number of carboxylic acid groups (broad SMARTS) is 1. The van der Waals surface area contributed by atoms with Crippen LogP contribution in [0.5, 0.6) is 0 Å². The Hall–Kier alpha value is -0.880. The van der Waals surface area contributed by atoms with Crippen LogP contribution in [-0.2, 0) is 16.0 Å². The van der Waals surface area contributed by atoms with Gasteiger partial charge in [0.25, 0.3) is 0 Å². The Labute approximate surface area is 106 Å². The zero-order valence-corrected chi connectivity index (χ0v) is 11.3. The van der Waals surface area contributed by atoms with Crippen LogP contribution in [0.3, 0.4) is 0 Å². The third-order valence-electron chi connectivity index (χ3n) is 2.35. The Morgan fingerprint density at radius 2 is 2.25 bits per heavy atom. The lowest BCUT2D eigenvalue weighted by Gasteiger charge is -2.21. The summed E-state index contributed by atoms with van der Waals surface area (Å²) in [4.78, 5) is 23.6.